The van der Waals surface area contributed by atoms with E-state index in [1.54, 1.807) is 5.32 Å². The van der Waals surface area contributed by atoms with Crippen LogP contribution in [0.4, 0.5) is 26.3 Å². The molecule has 92 valence electrons. The average Bonchev–Trinajstić information content (AvgIpc) is 1.94. The van der Waals surface area contributed by atoms with Crippen molar-refractivity contribution in [3.05, 3.63) is 0 Å². The quantitative estimate of drug-likeness (QED) is 0.252. The van der Waals surface area contributed by atoms with Gasteiger partial charge in [0.05, 0.1) is 0 Å². The van der Waals surface area contributed by atoms with E-state index in [1.165, 1.54) is 0 Å². The zero-order chi connectivity index (χ0) is 11.4. The van der Waals surface area contributed by atoms with Crippen LogP contribution in [0, 0.1) is 0 Å². The first kappa shape index (κ1) is 17.7. The predicted octanol–water partition coefficient (Wildman–Crippen LogP) is -2.17. The van der Waals surface area contributed by atoms with Gasteiger partial charge in [-0.3, -0.25) is 0 Å². The lowest BCUT2D eigenvalue weighted by Gasteiger charge is -2.03. The van der Waals surface area contributed by atoms with E-state index in [9.17, 15) is 26.3 Å². The van der Waals surface area contributed by atoms with Crippen LogP contribution < -0.4 is 35.0 Å². The van der Waals surface area contributed by atoms with Crippen molar-refractivity contribution < 1.29 is 50.3 Å². The van der Waals surface area contributed by atoms with Gasteiger partial charge in [0, 0.05) is 0 Å². The molecule has 0 aliphatic heterocycles. The molecule has 0 spiro atoms. The van der Waals surface area contributed by atoms with Crippen molar-refractivity contribution in [2.24, 2.45) is 5.73 Å². The van der Waals surface area contributed by atoms with Crippen molar-refractivity contribution in [1.82, 2.24) is 5.32 Å². The highest BCUT2D eigenvalue weighted by molar-refractivity contribution is 7.78. The molecule has 0 heterocycles. The number of nitrogens with one attached hydrogen (secondary N) is 1. The Labute approximate surface area is 103 Å². The molecule has 0 aromatic rings. The summed E-state index contributed by atoms with van der Waals surface area (Å²) in [4.78, 5) is 0. The predicted molar refractivity (Wildman–Crippen MR) is 41.5 cm³/mol. The largest absolute Gasteiger partial charge is 1.00 e. The second-order valence-corrected chi connectivity index (χ2v) is 3.25. The van der Waals surface area contributed by atoms with E-state index >= 15 is 0 Å². The molecule has 0 atom stereocenters. The molecule has 0 unspecified atom stereocenters. The molecule has 0 radical (unpaired) electrons. The van der Waals surface area contributed by atoms with Gasteiger partial charge in [0.15, 0.2) is 0 Å². The van der Waals surface area contributed by atoms with Gasteiger partial charge in [0.2, 0.25) is 11.4 Å². The zero-order valence-corrected chi connectivity index (χ0v) is 10.0. The molecule has 3 N–H and O–H groups in total. The van der Waals surface area contributed by atoms with E-state index < -0.39 is 29.8 Å². The molecule has 0 aromatic carbocycles. The number of nitrogens with two attached hydrogens (primary N) is 1. The Morgan fingerprint density at radius 1 is 1.07 bits per heavy atom. The van der Waals surface area contributed by atoms with Gasteiger partial charge < -0.3 is 24.0 Å². The SMILES string of the molecule is N/C(NCC(F)(F)F)=[S+]\CC(F)(F)F.[I-]. The summed E-state index contributed by atoms with van der Waals surface area (Å²) in [5.74, 6) is -1.32. The first-order valence-electron chi connectivity index (χ1n) is 3.23. The Bertz CT molecular complexity index is 213. The minimum absolute atomic E-state index is 0. The molecule has 2 nitrogen and oxygen atoms in total. The third kappa shape index (κ3) is 14.3. The molecule has 0 fully saturated rings. The highest BCUT2D eigenvalue weighted by atomic mass is 127. The van der Waals surface area contributed by atoms with Crippen LogP contribution in [0.3, 0.4) is 0 Å². The Morgan fingerprint density at radius 2 is 1.53 bits per heavy atom. The maximum absolute atomic E-state index is 11.6. The molecule has 0 aliphatic rings. The van der Waals surface area contributed by atoms with E-state index in [0.29, 0.717) is 0 Å². The topological polar surface area (TPSA) is 38.0 Å². The zero-order valence-electron chi connectivity index (χ0n) is 7.05. The molecule has 0 amide bonds. The smallest absolute Gasteiger partial charge is 0.443 e. The third-order valence-electron chi connectivity index (χ3n) is 0.854. The third-order valence-corrected chi connectivity index (χ3v) is 1.78. The summed E-state index contributed by atoms with van der Waals surface area (Å²) < 4.78 is 69.2. The summed E-state index contributed by atoms with van der Waals surface area (Å²) in [6.45, 7) is -1.44. The van der Waals surface area contributed by atoms with Gasteiger partial charge in [0.25, 0.3) is 5.75 Å². The minimum atomic E-state index is -4.50. The maximum Gasteiger partial charge on any atom is 0.443 e. The Kier molecular flexibility index (Phi) is 8.03. The monoisotopic (exact) mass is 368 g/mol. The van der Waals surface area contributed by atoms with Crippen LogP contribution in [-0.2, 0) is 11.4 Å². The fraction of sp³-hybridized carbons (Fsp3) is 0.800. The molecule has 0 bridgehead atoms. The fourth-order valence-corrected chi connectivity index (χ4v) is 0.891. The van der Waals surface area contributed by atoms with E-state index in [2.05, 4.69) is 0 Å². The average molecular weight is 368 g/mol. The van der Waals surface area contributed by atoms with Crippen LogP contribution >= 0.6 is 0 Å². The fourth-order valence-electron chi connectivity index (χ4n) is 0.398. The molecule has 0 saturated carbocycles. The van der Waals surface area contributed by atoms with Crippen molar-refractivity contribution in [2.75, 3.05) is 12.3 Å². The number of alkyl halides is 6. The van der Waals surface area contributed by atoms with Crippen molar-refractivity contribution in [3.63, 3.8) is 0 Å². The molecule has 0 saturated heterocycles. The van der Waals surface area contributed by atoms with E-state index in [4.69, 9.17) is 5.73 Å². The van der Waals surface area contributed by atoms with E-state index in [1.807, 2.05) is 0 Å². The molecule has 0 aromatic heterocycles. The van der Waals surface area contributed by atoms with Crippen molar-refractivity contribution in [1.29, 1.82) is 0 Å². The van der Waals surface area contributed by atoms with Gasteiger partial charge in [0.1, 0.15) is 6.54 Å². The van der Waals surface area contributed by atoms with Gasteiger partial charge in [-0.1, -0.05) is 0 Å². The lowest BCUT2D eigenvalue weighted by atomic mass is 10.6. The van der Waals surface area contributed by atoms with Crippen molar-refractivity contribution in [2.45, 2.75) is 12.4 Å². The van der Waals surface area contributed by atoms with Crippen LogP contribution in [0.5, 0.6) is 0 Å². The second-order valence-electron chi connectivity index (χ2n) is 2.24. The molecular weight excluding hydrogens is 361 g/mol. The molecular formula is C5H7F6IN2S. The Balaban J connectivity index is 0. The van der Waals surface area contributed by atoms with Gasteiger partial charge in [-0.15, -0.1) is 0 Å². The Morgan fingerprint density at radius 3 is 1.87 bits per heavy atom. The lowest BCUT2D eigenvalue weighted by molar-refractivity contribution is -0.121. The highest BCUT2D eigenvalue weighted by Gasteiger charge is 2.35. The summed E-state index contributed by atoms with van der Waals surface area (Å²) in [5, 5.41) is 1.03. The lowest BCUT2D eigenvalue weighted by Crippen LogP contribution is -3.00. The molecule has 0 rings (SSSR count). The van der Waals surface area contributed by atoms with Crippen molar-refractivity contribution >= 4 is 16.5 Å². The normalized spacial score (nSPS) is 13.7. The van der Waals surface area contributed by atoms with Crippen LogP contribution in [-0.4, -0.2) is 29.8 Å². The van der Waals surface area contributed by atoms with Gasteiger partial charge in [-0.05, 0) is 0 Å². The summed E-state index contributed by atoms with van der Waals surface area (Å²) >= 11 is 0.0824. The minimum Gasteiger partial charge on any atom is -1.00 e. The van der Waals surface area contributed by atoms with Crippen LogP contribution in [0.2, 0.25) is 0 Å². The summed E-state index contributed by atoms with van der Waals surface area (Å²) in [6.07, 6.45) is -8.95. The first-order chi connectivity index (χ1) is 6.10. The first-order valence-corrected chi connectivity index (χ1v) is 4.21. The molecule has 15 heavy (non-hydrogen) atoms. The molecule has 0 aliphatic carbocycles. The van der Waals surface area contributed by atoms with Crippen LogP contribution in [0.25, 0.3) is 0 Å². The Hall–Kier alpha value is 0.320. The van der Waals surface area contributed by atoms with Crippen LogP contribution in [0.15, 0.2) is 0 Å². The van der Waals surface area contributed by atoms with Gasteiger partial charge >= 0.3 is 17.5 Å². The summed E-state index contributed by atoms with van der Waals surface area (Å²) in [7, 11) is 0. The number of rotatable bonds is 2. The standard InChI is InChI=1S/C5H7F6N2S.HI/c6-4(7,8)1-13-3(12)14-2-5(9,10)11;/h13H,1-2,12H2;1H/q+1;/p-1. The van der Waals surface area contributed by atoms with Crippen LogP contribution in [0.1, 0.15) is 0 Å². The maximum atomic E-state index is 11.6. The number of halogens is 7. The summed E-state index contributed by atoms with van der Waals surface area (Å²) in [5.41, 5.74) is 4.86. The van der Waals surface area contributed by atoms with Gasteiger partial charge in [-0.25, -0.2) is 11.1 Å². The van der Waals surface area contributed by atoms with Crippen molar-refractivity contribution in [3.8, 4) is 0 Å². The number of hydrogen-bond acceptors (Lipinski definition) is 0. The van der Waals surface area contributed by atoms with E-state index in [0.717, 1.165) is 0 Å². The second kappa shape index (κ2) is 6.81. The molecule has 10 heteroatoms. The number of hydrogen-bond donors (Lipinski definition) is 2. The van der Waals surface area contributed by atoms with E-state index in [-0.39, 0.29) is 35.3 Å². The highest BCUT2D eigenvalue weighted by Crippen LogP contribution is 2.13. The van der Waals surface area contributed by atoms with Gasteiger partial charge in [-0.2, -0.15) is 26.3 Å². The summed E-state index contributed by atoms with van der Waals surface area (Å²) in [6, 6.07) is 0.